The summed E-state index contributed by atoms with van der Waals surface area (Å²) in [6.45, 7) is 0.445. The Labute approximate surface area is 176 Å². The summed E-state index contributed by atoms with van der Waals surface area (Å²) in [5.41, 5.74) is 1.33. The van der Waals surface area contributed by atoms with Crippen LogP contribution in [0, 0.1) is 0 Å². The van der Waals surface area contributed by atoms with Crippen molar-refractivity contribution in [3.8, 4) is 0 Å². The van der Waals surface area contributed by atoms with Crippen molar-refractivity contribution in [2.24, 2.45) is 0 Å². The van der Waals surface area contributed by atoms with E-state index in [0.29, 0.717) is 17.4 Å². The van der Waals surface area contributed by atoms with Gasteiger partial charge in [-0.05, 0) is 29.8 Å². The zero-order valence-electron chi connectivity index (χ0n) is 14.9. The molecule has 29 heavy (non-hydrogen) atoms. The van der Waals surface area contributed by atoms with E-state index in [0.717, 1.165) is 5.56 Å². The number of hydrogen-bond acceptors (Lipinski definition) is 3. The number of nitrogens with one attached hydrogen (secondary N) is 2. The van der Waals surface area contributed by atoms with Crippen molar-refractivity contribution in [2.45, 2.75) is 11.4 Å². The summed E-state index contributed by atoms with van der Waals surface area (Å²) >= 11 is 12.3. The van der Waals surface area contributed by atoms with E-state index in [1.165, 1.54) is 18.2 Å². The Morgan fingerprint density at radius 3 is 2.34 bits per heavy atom. The first-order valence-electron chi connectivity index (χ1n) is 8.58. The normalized spacial score (nSPS) is 11.7. The average Bonchev–Trinajstić information content (AvgIpc) is 2.97. The molecule has 0 bridgehead atoms. The number of H-pyrrole nitrogens is 1. The van der Waals surface area contributed by atoms with Gasteiger partial charge >= 0.3 is 0 Å². The minimum atomic E-state index is -3.98. The molecule has 4 rings (SSSR count). The molecule has 0 saturated carbocycles. The van der Waals surface area contributed by atoms with E-state index in [-0.39, 0.29) is 26.2 Å². The van der Waals surface area contributed by atoms with Gasteiger partial charge in [0.15, 0.2) is 0 Å². The number of aromatic amines is 1. The van der Waals surface area contributed by atoms with Crippen molar-refractivity contribution in [1.29, 1.82) is 0 Å². The van der Waals surface area contributed by atoms with Gasteiger partial charge in [0, 0.05) is 0 Å². The molecule has 0 fully saturated rings. The molecule has 6 nitrogen and oxygen atoms in total. The fourth-order valence-electron chi connectivity index (χ4n) is 3.04. The highest BCUT2D eigenvalue weighted by molar-refractivity contribution is 7.92. The Morgan fingerprint density at radius 1 is 0.931 bits per heavy atom. The van der Waals surface area contributed by atoms with E-state index in [4.69, 9.17) is 23.2 Å². The van der Waals surface area contributed by atoms with Crippen LogP contribution in [0.4, 0.5) is 5.69 Å². The van der Waals surface area contributed by atoms with Crippen LogP contribution in [-0.2, 0) is 16.6 Å². The van der Waals surface area contributed by atoms with Gasteiger partial charge in [-0.3, -0.25) is 19.3 Å². The predicted molar refractivity (Wildman–Crippen MR) is 115 cm³/mol. The minimum absolute atomic E-state index is 0.0756. The summed E-state index contributed by atoms with van der Waals surface area (Å²) in [5.74, 6) is 0. The molecule has 148 valence electrons. The Morgan fingerprint density at radius 2 is 1.62 bits per heavy atom. The van der Waals surface area contributed by atoms with Crippen molar-refractivity contribution in [3.05, 3.63) is 92.7 Å². The molecule has 9 heteroatoms. The van der Waals surface area contributed by atoms with Gasteiger partial charge in [-0.1, -0.05) is 65.7 Å². The van der Waals surface area contributed by atoms with Gasteiger partial charge in [-0.25, -0.2) is 8.42 Å². The summed E-state index contributed by atoms with van der Waals surface area (Å²) in [4.78, 5) is 12.3. The van der Waals surface area contributed by atoms with Gasteiger partial charge in [-0.2, -0.15) is 0 Å². The van der Waals surface area contributed by atoms with Gasteiger partial charge < -0.3 is 0 Å². The van der Waals surface area contributed by atoms with E-state index in [1.54, 1.807) is 22.9 Å². The summed E-state index contributed by atoms with van der Waals surface area (Å²) in [5, 5.41) is 3.33. The van der Waals surface area contributed by atoms with Crippen LogP contribution >= 0.6 is 23.2 Å². The quantitative estimate of drug-likeness (QED) is 0.472. The second-order valence-corrected chi connectivity index (χ2v) is 8.86. The van der Waals surface area contributed by atoms with Gasteiger partial charge in [0.2, 0.25) is 0 Å². The second-order valence-electron chi connectivity index (χ2n) is 6.40. The highest BCUT2D eigenvalue weighted by atomic mass is 35.5. The number of anilines is 1. The third-order valence-corrected chi connectivity index (χ3v) is 6.59. The zero-order valence-corrected chi connectivity index (χ0v) is 17.2. The topological polar surface area (TPSA) is 84.0 Å². The summed E-state index contributed by atoms with van der Waals surface area (Å²) in [7, 11) is -3.98. The van der Waals surface area contributed by atoms with Crippen LogP contribution in [0.2, 0.25) is 10.0 Å². The first kappa shape index (κ1) is 19.6. The van der Waals surface area contributed by atoms with E-state index >= 15 is 0 Å². The molecule has 4 aromatic rings. The number of aromatic nitrogens is 2. The van der Waals surface area contributed by atoms with Crippen LogP contribution in [0.3, 0.4) is 0 Å². The Balaban J connectivity index is 1.74. The molecule has 0 saturated heterocycles. The molecule has 0 spiro atoms. The smallest absolute Gasteiger partial charge is 0.272 e. The first-order valence-corrected chi connectivity index (χ1v) is 10.8. The van der Waals surface area contributed by atoms with Crippen molar-refractivity contribution in [2.75, 3.05) is 4.72 Å². The maximum Gasteiger partial charge on any atom is 0.272 e. The molecule has 0 atom stereocenters. The van der Waals surface area contributed by atoms with Crippen molar-refractivity contribution >= 4 is 49.8 Å². The standard InChI is InChI=1S/C20H15Cl2N3O3S/c21-15-8-4-5-9-19(15)29(27,28)24-17-10-14-18(11-16(17)22)25(23-20(14)26)12-13-6-2-1-3-7-13/h1-11,24H,12H2,(H,23,26). The lowest BCUT2D eigenvalue weighted by atomic mass is 10.2. The van der Waals surface area contributed by atoms with Gasteiger partial charge in [0.1, 0.15) is 4.90 Å². The lowest BCUT2D eigenvalue weighted by Gasteiger charge is -2.11. The van der Waals surface area contributed by atoms with Crippen LogP contribution in [0.15, 0.2) is 76.4 Å². The molecule has 0 aliphatic heterocycles. The van der Waals surface area contributed by atoms with Gasteiger partial charge in [0.05, 0.1) is 33.2 Å². The monoisotopic (exact) mass is 447 g/mol. The number of nitrogens with zero attached hydrogens (tertiary/aromatic N) is 1. The fraction of sp³-hybridized carbons (Fsp3) is 0.0500. The third-order valence-electron chi connectivity index (χ3n) is 4.41. The molecular weight excluding hydrogens is 433 g/mol. The summed E-state index contributed by atoms with van der Waals surface area (Å²) in [6.07, 6.45) is 0. The highest BCUT2D eigenvalue weighted by Crippen LogP contribution is 2.30. The molecule has 3 aromatic carbocycles. The number of benzene rings is 3. The van der Waals surface area contributed by atoms with Crippen molar-refractivity contribution in [3.63, 3.8) is 0 Å². The van der Waals surface area contributed by atoms with Crippen LogP contribution < -0.4 is 10.3 Å². The predicted octanol–water partition coefficient (Wildman–Crippen LogP) is 4.49. The van der Waals surface area contributed by atoms with Crippen LogP contribution in [0.1, 0.15) is 5.56 Å². The van der Waals surface area contributed by atoms with Crippen LogP contribution in [-0.4, -0.2) is 18.2 Å². The molecule has 1 aromatic heterocycles. The maximum atomic E-state index is 12.7. The molecule has 0 aliphatic rings. The lowest BCUT2D eigenvalue weighted by Crippen LogP contribution is -2.14. The Bertz CT molecular complexity index is 1360. The Kier molecular flexibility index (Phi) is 5.12. The number of rotatable bonds is 5. The molecule has 2 N–H and O–H groups in total. The highest BCUT2D eigenvalue weighted by Gasteiger charge is 2.20. The van der Waals surface area contributed by atoms with E-state index < -0.39 is 10.0 Å². The minimum Gasteiger partial charge on any atom is -0.280 e. The number of hydrogen-bond donors (Lipinski definition) is 2. The molecule has 0 radical (unpaired) electrons. The second kappa shape index (κ2) is 7.59. The van der Waals surface area contributed by atoms with E-state index in [2.05, 4.69) is 9.82 Å². The SMILES string of the molecule is O=c1[nH]n(Cc2ccccc2)c2cc(Cl)c(NS(=O)(=O)c3ccccc3Cl)cc12. The van der Waals surface area contributed by atoms with Crippen molar-refractivity contribution in [1.82, 2.24) is 9.78 Å². The lowest BCUT2D eigenvalue weighted by molar-refractivity contribution is 0.601. The fourth-order valence-corrected chi connectivity index (χ4v) is 4.89. The summed E-state index contributed by atoms with van der Waals surface area (Å²) in [6, 6.07) is 18.7. The van der Waals surface area contributed by atoms with Gasteiger partial charge in [-0.15, -0.1) is 0 Å². The Hall–Kier alpha value is -2.74. The molecule has 0 unspecified atom stereocenters. The molecule has 0 aliphatic carbocycles. The maximum absolute atomic E-state index is 12.7. The number of fused-ring (bicyclic) bond motifs is 1. The van der Waals surface area contributed by atoms with Crippen molar-refractivity contribution < 1.29 is 8.42 Å². The molecule has 0 amide bonds. The number of halogens is 2. The molecular formula is C20H15Cl2N3O3S. The third kappa shape index (κ3) is 3.89. The van der Waals surface area contributed by atoms with Crippen LogP contribution in [0.25, 0.3) is 10.9 Å². The average molecular weight is 448 g/mol. The van der Waals surface area contributed by atoms with E-state index in [9.17, 15) is 13.2 Å². The van der Waals surface area contributed by atoms with Gasteiger partial charge in [0.25, 0.3) is 15.6 Å². The largest absolute Gasteiger partial charge is 0.280 e. The number of sulfonamides is 1. The van der Waals surface area contributed by atoms with E-state index in [1.807, 2.05) is 30.3 Å². The zero-order chi connectivity index (χ0) is 20.6. The summed E-state index contributed by atoms with van der Waals surface area (Å²) < 4.78 is 29.5. The first-order chi connectivity index (χ1) is 13.8. The van der Waals surface area contributed by atoms with Crippen LogP contribution in [0.5, 0.6) is 0 Å². The molecule has 1 heterocycles.